The topological polar surface area (TPSA) is 93.5 Å². The van der Waals surface area contributed by atoms with E-state index >= 15 is 0 Å². The standard InChI is InChI=1S/C12H23N3O3/c1-18-8-7-15-10(16)3-6-14-11(17)9-12(13)4-2-5-12/h2-9,13H2,1H3,(H,14,17)(H,15,16). The van der Waals surface area contributed by atoms with Gasteiger partial charge in [0.2, 0.25) is 11.8 Å². The lowest BCUT2D eigenvalue weighted by Gasteiger charge is -2.37. The molecule has 6 nitrogen and oxygen atoms in total. The molecule has 0 aliphatic heterocycles. The maximum absolute atomic E-state index is 11.6. The molecule has 4 N–H and O–H groups in total. The molecule has 0 bridgehead atoms. The van der Waals surface area contributed by atoms with Crippen LogP contribution in [-0.2, 0) is 14.3 Å². The Morgan fingerprint density at radius 2 is 1.89 bits per heavy atom. The minimum Gasteiger partial charge on any atom is -0.383 e. The van der Waals surface area contributed by atoms with Crippen LogP contribution in [-0.4, -0.2) is 44.2 Å². The SMILES string of the molecule is COCCNC(=O)CCNC(=O)CC1(N)CCC1. The van der Waals surface area contributed by atoms with Crippen molar-refractivity contribution in [2.24, 2.45) is 5.73 Å². The molecule has 0 aromatic heterocycles. The van der Waals surface area contributed by atoms with Gasteiger partial charge in [0.25, 0.3) is 0 Å². The van der Waals surface area contributed by atoms with Gasteiger partial charge in [-0.3, -0.25) is 9.59 Å². The molecule has 1 aliphatic rings. The largest absolute Gasteiger partial charge is 0.383 e. The van der Waals surface area contributed by atoms with Crippen LogP contribution in [0.4, 0.5) is 0 Å². The molecule has 1 aliphatic carbocycles. The lowest BCUT2D eigenvalue weighted by Crippen LogP contribution is -2.50. The Balaban J connectivity index is 2.02. The molecule has 0 heterocycles. The second kappa shape index (κ2) is 7.33. The zero-order valence-corrected chi connectivity index (χ0v) is 11.0. The third-order valence-corrected chi connectivity index (χ3v) is 3.16. The van der Waals surface area contributed by atoms with Gasteiger partial charge in [-0.25, -0.2) is 0 Å². The third-order valence-electron chi connectivity index (χ3n) is 3.16. The molecule has 0 aromatic carbocycles. The molecule has 0 spiro atoms. The van der Waals surface area contributed by atoms with Crippen LogP contribution in [0.1, 0.15) is 32.1 Å². The number of carbonyl (C=O) groups excluding carboxylic acids is 2. The van der Waals surface area contributed by atoms with Crippen molar-refractivity contribution in [3.05, 3.63) is 0 Å². The van der Waals surface area contributed by atoms with Crippen molar-refractivity contribution in [1.82, 2.24) is 10.6 Å². The van der Waals surface area contributed by atoms with Crippen LogP contribution in [0.2, 0.25) is 0 Å². The molecule has 0 unspecified atom stereocenters. The predicted octanol–water partition coefficient (Wildman–Crippen LogP) is -0.473. The van der Waals surface area contributed by atoms with Gasteiger partial charge in [0, 0.05) is 38.6 Å². The van der Waals surface area contributed by atoms with Gasteiger partial charge < -0.3 is 21.1 Å². The van der Waals surface area contributed by atoms with E-state index < -0.39 is 0 Å². The monoisotopic (exact) mass is 257 g/mol. The fourth-order valence-electron chi connectivity index (χ4n) is 1.89. The number of nitrogens with one attached hydrogen (secondary N) is 2. The molecular formula is C12H23N3O3. The van der Waals surface area contributed by atoms with Gasteiger partial charge in [0.1, 0.15) is 0 Å². The van der Waals surface area contributed by atoms with Crippen molar-refractivity contribution in [1.29, 1.82) is 0 Å². The van der Waals surface area contributed by atoms with Crippen molar-refractivity contribution in [3.63, 3.8) is 0 Å². The molecule has 6 heteroatoms. The average Bonchev–Trinajstić information content (AvgIpc) is 2.27. The number of rotatable bonds is 8. The van der Waals surface area contributed by atoms with Crippen LogP contribution in [0.5, 0.6) is 0 Å². The molecule has 104 valence electrons. The Morgan fingerprint density at radius 1 is 1.22 bits per heavy atom. The predicted molar refractivity (Wildman–Crippen MR) is 67.9 cm³/mol. The number of hydrogen-bond acceptors (Lipinski definition) is 4. The summed E-state index contributed by atoms with van der Waals surface area (Å²) in [5.74, 6) is -0.152. The third kappa shape index (κ3) is 5.46. The normalized spacial score (nSPS) is 16.8. The summed E-state index contributed by atoms with van der Waals surface area (Å²) in [5.41, 5.74) is 5.66. The van der Waals surface area contributed by atoms with Crippen LogP contribution in [0.25, 0.3) is 0 Å². The molecular weight excluding hydrogens is 234 g/mol. The van der Waals surface area contributed by atoms with E-state index in [4.69, 9.17) is 10.5 Å². The van der Waals surface area contributed by atoms with E-state index in [2.05, 4.69) is 10.6 Å². The summed E-state index contributed by atoms with van der Waals surface area (Å²) in [6.45, 7) is 1.34. The molecule has 1 rings (SSSR count). The quantitative estimate of drug-likeness (QED) is 0.512. The van der Waals surface area contributed by atoms with Crippen molar-refractivity contribution in [2.75, 3.05) is 26.8 Å². The number of amides is 2. The van der Waals surface area contributed by atoms with E-state index in [1.807, 2.05) is 0 Å². The van der Waals surface area contributed by atoms with E-state index in [9.17, 15) is 9.59 Å². The summed E-state index contributed by atoms with van der Waals surface area (Å²) in [6, 6.07) is 0. The van der Waals surface area contributed by atoms with Crippen molar-refractivity contribution in [3.8, 4) is 0 Å². The van der Waals surface area contributed by atoms with Gasteiger partial charge >= 0.3 is 0 Å². The smallest absolute Gasteiger partial charge is 0.221 e. The first-order valence-corrected chi connectivity index (χ1v) is 6.37. The zero-order valence-electron chi connectivity index (χ0n) is 11.0. The number of carbonyl (C=O) groups is 2. The highest BCUT2D eigenvalue weighted by Gasteiger charge is 2.34. The molecule has 2 amide bonds. The Bertz CT molecular complexity index is 290. The molecule has 1 saturated carbocycles. The van der Waals surface area contributed by atoms with Gasteiger partial charge in [-0.15, -0.1) is 0 Å². The van der Waals surface area contributed by atoms with E-state index in [-0.39, 0.29) is 23.8 Å². The summed E-state index contributed by atoms with van der Waals surface area (Å²) >= 11 is 0. The zero-order chi connectivity index (χ0) is 13.4. The molecule has 0 atom stereocenters. The minimum absolute atomic E-state index is 0.0677. The van der Waals surface area contributed by atoms with Crippen molar-refractivity contribution in [2.45, 2.75) is 37.6 Å². The molecule has 0 saturated heterocycles. The molecule has 0 radical (unpaired) electrons. The Kier molecular flexibility index (Phi) is 6.07. The van der Waals surface area contributed by atoms with Crippen LogP contribution in [0, 0.1) is 0 Å². The minimum atomic E-state index is -0.301. The highest BCUT2D eigenvalue weighted by Crippen LogP contribution is 2.31. The Hall–Kier alpha value is -1.14. The fraction of sp³-hybridized carbons (Fsp3) is 0.833. The number of hydrogen-bond donors (Lipinski definition) is 3. The van der Waals surface area contributed by atoms with Crippen LogP contribution in [0.15, 0.2) is 0 Å². The summed E-state index contributed by atoms with van der Waals surface area (Å²) in [5, 5.41) is 5.41. The Morgan fingerprint density at radius 3 is 2.44 bits per heavy atom. The van der Waals surface area contributed by atoms with Crippen LogP contribution < -0.4 is 16.4 Å². The fourth-order valence-corrected chi connectivity index (χ4v) is 1.89. The van der Waals surface area contributed by atoms with Gasteiger partial charge in [0.05, 0.1) is 6.61 Å². The lowest BCUT2D eigenvalue weighted by molar-refractivity contribution is -0.123. The average molecular weight is 257 g/mol. The summed E-state index contributed by atoms with van der Waals surface area (Å²) in [4.78, 5) is 22.9. The summed E-state index contributed by atoms with van der Waals surface area (Å²) in [6.07, 6.45) is 3.58. The van der Waals surface area contributed by atoms with Crippen LogP contribution >= 0.6 is 0 Å². The van der Waals surface area contributed by atoms with Crippen molar-refractivity contribution < 1.29 is 14.3 Å². The second-order valence-electron chi connectivity index (χ2n) is 4.84. The molecule has 0 aromatic rings. The van der Waals surface area contributed by atoms with Crippen molar-refractivity contribution >= 4 is 11.8 Å². The van der Waals surface area contributed by atoms with E-state index in [0.717, 1.165) is 19.3 Å². The second-order valence-corrected chi connectivity index (χ2v) is 4.84. The van der Waals surface area contributed by atoms with Gasteiger partial charge in [-0.05, 0) is 19.3 Å². The summed E-state index contributed by atoms with van der Waals surface area (Å²) < 4.78 is 4.81. The van der Waals surface area contributed by atoms with Gasteiger partial charge in [-0.2, -0.15) is 0 Å². The van der Waals surface area contributed by atoms with E-state index in [1.165, 1.54) is 0 Å². The maximum atomic E-state index is 11.6. The van der Waals surface area contributed by atoms with Gasteiger partial charge in [0.15, 0.2) is 0 Å². The van der Waals surface area contributed by atoms with Crippen LogP contribution in [0.3, 0.4) is 0 Å². The number of methoxy groups -OCH3 is 1. The van der Waals surface area contributed by atoms with E-state index in [0.29, 0.717) is 26.1 Å². The molecule has 18 heavy (non-hydrogen) atoms. The highest BCUT2D eigenvalue weighted by atomic mass is 16.5. The van der Waals surface area contributed by atoms with Gasteiger partial charge in [-0.1, -0.05) is 0 Å². The first-order chi connectivity index (χ1) is 8.56. The van der Waals surface area contributed by atoms with E-state index in [1.54, 1.807) is 7.11 Å². The molecule has 1 fully saturated rings. The highest BCUT2D eigenvalue weighted by molar-refractivity contribution is 5.79. The first kappa shape index (κ1) is 14.9. The first-order valence-electron chi connectivity index (χ1n) is 6.37. The summed E-state index contributed by atoms with van der Waals surface area (Å²) in [7, 11) is 1.58. The number of nitrogens with two attached hydrogens (primary N) is 1. The number of ether oxygens (including phenoxy) is 1. The lowest BCUT2D eigenvalue weighted by atomic mass is 9.75. The Labute approximate surface area is 108 Å². The maximum Gasteiger partial charge on any atom is 0.221 e.